The Morgan fingerprint density at radius 3 is 2.33 bits per heavy atom. The van der Waals surface area contributed by atoms with Gasteiger partial charge in [-0.15, -0.1) is 0 Å². The van der Waals surface area contributed by atoms with E-state index in [1.54, 1.807) is 45.2 Å². The molecule has 0 aliphatic rings. The number of hydrogen-bond donors (Lipinski definition) is 0. The third-order valence-electron chi connectivity index (χ3n) is 4.22. The Labute approximate surface area is 168 Å². The third-order valence-corrected chi connectivity index (χ3v) is 6.96. The minimum atomic E-state index is -3.68. The van der Waals surface area contributed by atoms with Crippen molar-refractivity contribution in [1.82, 2.24) is 9.21 Å². The van der Waals surface area contributed by atoms with E-state index in [1.165, 1.54) is 27.4 Å². The maximum Gasteiger partial charge on any atom is 0.255 e. The van der Waals surface area contributed by atoms with Crippen LogP contribution in [-0.2, 0) is 16.6 Å². The lowest BCUT2D eigenvalue weighted by atomic mass is 10.1. The summed E-state index contributed by atoms with van der Waals surface area (Å²) in [5.41, 5.74) is 0.596. The molecule has 0 bridgehead atoms. The zero-order chi connectivity index (χ0) is 20.2. The highest BCUT2D eigenvalue weighted by atomic mass is 79.9. The Morgan fingerprint density at radius 2 is 1.74 bits per heavy atom. The van der Waals surface area contributed by atoms with Crippen molar-refractivity contribution in [3.8, 4) is 0 Å². The van der Waals surface area contributed by atoms with Gasteiger partial charge in [0.25, 0.3) is 5.91 Å². The van der Waals surface area contributed by atoms with Crippen LogP contribution in [0.2, 0.25) is 0 Å². The lowest BCUT2D eigenvalue weighted by molar-refractivity contribution is 0.0782. The van der Waals surface area contributed by atoms with E-state index in [4.69, 9.17) is 0 Å². The van der Waals surface area contributed by atoms with Gasteiger partial charge in [0.15, 0.2) is 0 Å². The highest BCUT2D eigenvalue weighted by Crippen LogP contribution is 2.25. The van der Waals surface area contributed by atoms with Crippen LogP contribution < -0.4 is 0 Å². The first-order chi connectivity index (χ1) is 12.7. The first-order valence-electron chi connectivity index (χ1n) is 8.50. The topological polar surface area (TPSA) is 57.7 Å². The van der Waals surface area contributed by atoms with Gasteiger partial charge in [-0.2, -0.15) is 4.31 Å². The number of nitrogens with zero attached hydrogens (tertiary/aromatic N) is 2. The van der Waals surface area contributed by atoms with E-state index < -0.39 is 21.7 Å². The molecule has 0 atom stereocenters. The summed E-state index contributed by atoms with van der Waals surface area (Å²) in [5, 5.41) is 0. The normalized spacial score (nSPS) is 11.6. The fraction of sp³-hybridized carbons (Fsp3) is 0.316. The van der Waals surface area contributed by atoms with E-state index in [9.17, 15) is 17.6 Å². The molecule has 0 saturated carbocycles. The molecule has 0 heterocycles. The van der Waals surface area contributed by atoms with Crippen LogP contribution in [-0.4, -0.2) is 43.7 Å². The zero-order valence-electron chi connectivity index (χ0n) is 15.4. The Morgan fingerprint density at radius 1 is 1.11 bits per heavy atom. The minimum Gasteiger partial charge on any atom is -0.337 e. The van der Waals surface area contributed by atoms with Gasteiger partial charge in [0.1, 0.15) is 5.82 Å². The fourth-order valence-electron chi connectivity index (χ4n) is 2.70. The summed E-state index contributed by atoms with van der Waals surface area (Å²) < 4.78 is 41.1. The van der Waals surface area contributed by atoms with Crippen LogP contribution in [0.15, 0.2) is 51.8 Å². The van der Waals surface area contributed by atoms with E-state index in [2.05, 4.69) is 15.9 Å². The van der Waals surface area contributed by atoms with Crippen molar-refractivity contribution < 1.29 is 17.6 Å². The van der Waals surface area contributed by atoms with Gasteiger partial charge in [-0.25, -0.2) is 12.8 Å². The number of rotatable bonds is 7. The summed E-state index contributed by atoms with van der Waals surface area (Å²) in [4.78, 5) is 14.2. The molecule has 5 nitrogen and oxygen atoms in total. The number of hydrogen-bond acceptors (Lipinski definition) is 3. The summed E-state index contributed by atoms with van der Waals surface area (Å²) in [6.45, 7) is 4.27. The first-order valence-corrected chi connectivity index (χ1v) is 10.7. The van der Waals surface area contributed by atoms with Crippen LogP contribution in [0.1, 0.15) is 29.8 Å². The summed E-state index contributed by atoms with van der Waals surface area (Å²) in [6.07, 6.45) is 0. The highest BCUT2D eigenvalue weighted by molar-refractivity contribution is 9.10. The van der Waals surface area contributed by atoms with Crippen molar-refractivity contribution in [2.45, 2.75) is 25.3 Å². The number of carbonyl (C=O) groups excluding carboxylic acids is 1. The van der Waals surface area contributed by atoms with Gasteiger partial charge >= 0.3 is 0 Å². The molecule has 0 saturated heterocycles. The summed E-state index contributed by atoms with van der Waals surface area (Å²) in [5.74, 6) is -0.796. The SMILES string of the molecule is CCN(CC)S(=O)(=O)c1ccc(Br)c(C(=O)N(C)Cc2ccccc2F)c1. The van der Waals surface area contributed by atoms with Gasteiger partial charge in [0.05, 0.1) is 10.5 Å². The average Bonchev–Trinajstić information content (AvgIpc) is 2.64. The predicted molar refractivity (Wildman–Crippen MR) is 106 cm³/mol. The summed E-state index contributed by atoms with van der Waals surface area (Å²) in [7, 11) is -2.14. The smallest absolute Gasteiger partial charge is 0.255 e. The van der Waals surface area contributed by atoms with Gasteiger partial charge in [0, 0.05) is 36.7 Å². The molecule has 0 aliphatic carbocycles. The van der Waals surface area contributed by atoms with E-state index in [1.807, 2.05) is 0 Å². The maximum absolute atomic E-state index is 13.9. The second-order valence-corrected chi connectivity index (χ2v) is 8.78. The number of carbonyl (C=O) groups is 1. The molecule has 0 radical (unpaired) electrons. The van der Waals surface area contributed by atoms with Crippen molar-refractivity contribution in [3.05, 3.63) is 63.9 Å². The van der Waals surface area contributed by atoms with Gasteiger partial charge in [-0.1, -0.05) is 32.0 Å². The lowest BCUT2D eigenvalue weighted by Crippen LogP contribution is -2.31. The predicted octanol–water partition coefficient (Wildman–Crippen LogP) is 3.89. The average molecular weight is 457 g/mol. The number of amides is 1. The van der Waals surface area contributed by atoms with Crippen molar-refractivity contribution in [2.75, 3.05) is 20.1 Å². The molecule has 1 amide bonds. The molecule has 27 heavy (non-hydrogen) atoms. The molecule has 0 N–H and O–H groups in total. The fourth-order valence-corrected chi connectivity index (χ4v) is 4.60. The van der Waals surface area contributed by atoms with E-state index in [-0.39, 0.29) is 17.0 Å². The van der Waals surface area contributed by atoms with Crippen molar-refractivity contribution in [3.63, 3.8) is 0 Å². The molecule has 146 valence electrons. The molecule has 0 aliphatic heterocycles. The molecular weight excluding hydrogens is 435 g/mol. The second-order valence-electron chi connectivity index (χ2n) is 5.98. The quantitative estimate of drug-likeness (QED) is 0.634. The summed E-state index contributed by atoms with van der Waals surface area (Å²) >= 11 is 3.31. The van der Waals surface area contributed by atoms with Crippen LogP contribution in [0.4, 0.5) is 4.39 Å². The molecule has 2 rings (SSSR count). The summed E-state index contributed by atoms with van der Waals surface area (Å²) in [6, 6.07) is 10.6. The minimum absolute atomic E-state index is 0.0528. The maximum atomic E-state index is 13.9. The molecule has 0 unspecified atom stereocenters. The van der Waals surface area contributed by atoms with Gasteiger partial charge < -0.3 is 4.90 Å². The van der Waals surface area contributed by atoms with Crippen LogP contribution in [0.5, 0.6) is 0 Å². The zero-order valence-corrected chi connectivity index (χ0v) is 17.8. The standard InChI is InChI=1S/C19H22BrFN2O3S/c1-4-23(5-2)27(25,26)15-10-11-17(20)16(12-15)19(24)22(3)13-14-8-6-7-9-18(14)21/h6-12H,4-5,13H2,1-3H3. The van der Waals surface area contributed by atoms with Crippen LogP contribution in [0.3, 0.4) is 0 Å². The Balaban J connectivity index is 2.35. The van der Waals surface area contributed by atoms with E-state index in [0.29, 0.717) is 23.1 Å². The first kappa shape index (κ1) is 21.5. The molecule has 0 fully saturated rings. The Kier molecular flexibility index (Phi) is 7.13. The van der Waals surface area contributed by atoms with E-state index in [0.717, 1.165) is 0 Å². The Bertz CT molecular complexity index is 930. The van der Waals surface area contributed by atoms with Crippen molar-refractivity contribution >= 4 is 31.9 Å². The second kappa shape index (κ2) is 8.95. The van der Waals surface area contributed by atoms with Gasteiger partial charge in [-0.3, -0.25) is 4.79 Å². The molecule has 0 aromatic heterocycles. The molecule has 2 aromatic rings. The number of sulfonamides is 1. The molecule has 2 aromatic carbocycles. The highest BCUT2D eigenvalue weighted by Gasteiger charge is 2.25. The van der Waals surface area contributed by atoms with Gasteiger partial charge in [-0.05, 0) is 40.2 Å². The van der Waals surface area contributed by atoms with E-state index >= 15 is 0 Å². The third kappa shape index (κ3) is 4.75. The van der Waals surface area contributed by atoms with Crippen molar-refractivity contribution in [2.24, 2.45) is 0 Å². The van der Waals surface area contributed by atoms with Crippen LogP contribution in [0.25, 0.3) is 0 Å². The van der Waals surface area contributed by atoms with Crippen LogP contribution in [0, 0.1) is 5.82 Å². The largest absolute Gasteiger partial charge is 0.337 e. The number of halogens is 2. The molecule has 0 spiro atoms. The van der Waals surface area contributed by atoms with Gasteiger partial charge in [0.2, 0.25) is 10.0 Å². The van der Waals surface area contributed by atoms with Crippen molar-refractivity contribution in [1.29, 1.82) is 0 Å². The number of benzene rings is 2. The lowest BCUT2D eigenvalue weighted by Gasteiger charge is -2.21. The Hall–Kier alpha value is -1.77. The molecule has 8 heteroatoms. The monoisotopic (exact) mass is 456 g/mol. The van der Waals surface area contributed by atoms with Crippen LogP contribution >= 0.6 is 15.9 Å². The molecular formula is C19H22BrFN2O3S.